The number of rotatable bonds is 20. The van der Waals surface area contributed by atoms with Gasteiger partial charge in [-0.15, -0.1) is 0 Å². The Hall–Kier alpha value is -0.280. The Balaban J connectivity index is 4.70. The molecule has 7 nitrogen and oxygen atoms in total. The molecule has 0 aliphatic rings. The third kappa shape index (κ3) is 13.6. The summed E-state index contributed by atoms with van der Waals surface area (Å²) in [5.74, 6) is 0. The van der Waals surface area contributed by atoms with Crippen LogP contribution in [0.1, 0.15) is 66.7 Å². The normalized spacial score (nSPS) is 18.2. The number of ether oxygens (including phenoxy) is 4. The van der Waals surface area contributed by atoms with Gasteiger partial charge in [-0.2, -0.15) is 0 Å². The van der Waals surface area contributed by atoms with Crippen LogP contribution in [0, 0.1) is 5.41 Å². The van der Waals surface area contributed by atoms with Crippen LogP contribution in [0.2, 0.25) is 0 Å². The lowest BCUT2D eigenvalue weighted by molar-refractivity contribution is -0.109. The van der Waals surface area contributed by atoms with Crippen molar-refractivity contribution in [3.63, 3.8) is 0 Å². The minimum Gasteiger partial charge on any atom is -0.391 e. The Kier molecular flexibility index (Phi) is 17.2. The monoisotopic (exact) mass is 422 g/mol. The van der Waals surface area contributed by atoms with Crippen LogP contribution < -0.4 is 0 Å². The molecule has 3 N–H and O–H groups in total. The van der Waals surface area contributed by atoms with E-state index in [-0.39, 0.29) is 24.7 Å². The predicted molar refractivity (Wildman–Crippen MR) is 114 cm³/mol. The number of aliphatic hydroxyl groups is 3. The van der Waals surface area contributed by atoms with Crippen LogP contribution in [0.3, 0.4) is 0 Å². The van der Waals surface area contributed by atoms with E-state index in [1.54, 1.807) is 0 Å². The summed E-state index contributed by atoms with van der Waals surface area (Å²) >= 11 is 0. The zero-order valence-electron chi connectivity index (χ0n) is 19.3. The molecule has 7 heteroatoms. The van der Waals surface area contributed by atoms with Gasteiger partial charge in [-0.1, -0.05) is 34.6 Å². The summed E-state index contributed by atoms with van der Waals surface area (Å²) in [6, 6.07) is 0. The van der Waals surface area contributed by atoms with Crippen molar-refractivity contribution < 1.29 is 34.3 Å². The standard InChI is InChI=1S/C22H46O7/c1-6-18(23)11-26-15-22(10-5,16-27-12-19(24)7-2)17-28-14-21(9-4)29-13-20(25)8-3/h18-21,23-25H,6-17H2,1-5H3. The van der Waals surface area contributed by atoms with Crippen molar-refractivity contribution in [3.8, 4) is 0 Å². The lowest BCUT2D eigenvalue weighted by atomic mass is 9.88. The minimum absolute atomic E-state index is 0.0728. The Morgan fingerprint density at radius 2 is 1.00 bits per heavy atom. The van der Waals surface area contributed by atoms with Crippen molar-refractivity contribution in [2.75, 3.05) is 46.2 Å². The zero-order chi connectivity index (χ0) is 22.1. The molecule has 0 saturated carbocycles. The second kappa shape index (κ2) is 17.4. The van der Waals surface area contributed by atoms with Gasteiger partial charge in [0.05, 0.1) is 70.7 Å². The Morgan fingerprint density at radius 3 is 1.38 bits per heavy atom. The van der Waals surface area contributed by atoms with Gasteiger partial charge in [-0.3, -0.25) is 0 Å². The lowest BCUT2D eigenvalue weighted by Crippen LogP contribution is -2.39. The molecule has 0 aromatic carbocycles. The Morgan fingerprint density at radius 1 is 0.586 bits per heavy atom. The molecule has 0 bridgehead atoms. The van der Waals surface area contributed by atoms with Crippen molar-refractivity contribution in [1.29, 1.82) is 0 Å². The van der Waals surface area contributed by atoms with E-state index >= 15 is 0 Å². The molecule has 0 aliphatic carbocycles. The third-order valence-electron chi connectivity index (χ3n) is 5.29. The molecule has 0 spiro atoms. The maximum Gasteiger partial charge on any atom is 0.0807 e. The van der Waals surface area contributed by atoms with Gasteiger partial charge >= 0.3 is 0 Å². The molecule has 0 fully saturated rings. The van der Waals surface area contributed by atoms with Crippen molar-refractivity contribution in [2.45, 2.75) is 91.1 Å². The van der Waals surface area contributed by atoms with Crippen LogP contribution >= 0.6 is 0 Å². The highest BCUT2D eigenvalue weighted by atomic mass is 16.5. The van der Waals surface area contributed by atoms with E-state index in [9.17, 15) is 15.3 Å². The van der Waals surface area contributed by atoms with Crippen molar-refractivity contribution in [1.82, 2.24) is 0 Å². The second-order valence-electron chi connectivity index (χ2n) is 7.95. The second-order valence-corrected chi connectivity index (χ2v) is 7.95. The Labute approximate surface area is 177 Å². The van der Waals surface area contributed by atoms with Crippen LogP contribution in [0.25, 0.3) is 0 Å². The Bertz CT molecular complexity index is 351. The first-order chi connectivity index (χ1) is 13.9. The highest BCUT2D eigenvalue weighted by molar-refractivity contribution is 4.78. The number of aliphatic hydroxyl groups excluding tert-OH is 3. The van der Waals surface area contributed by atoms with Gasteiger partial charge in [0.25, 0.3) is 0 Å². The molecule has 0 aromatic heterocycles. The van der Waals surface area contributed by atoms with Crippen LogP contribution in [0.5, 0.6) is 0 Å². The van der Waals surface area contributed by atoms with E-state index in [2.05, 4.69) is 6.92 Å². The van der Waals surface area contributed by atoms with Crippen molar-refractivity contribution >= 4 is 0 Å². The molecule has 0 saturated heterocycles. The summed E-state index contributed by atoms with van der Waals surface area (Å²) < 4.78 is 23.3. The zero-order valence-corrected chi connectivity index (χ0v) is 19.3. The molecular formula is C22H46O7. The fourth-order valence-corrected chi connectivity index (χ4v) is 2.55. The van der Waals surface area contributed by atoms with E-state index in [1.807, 2.05) is 27.7 Å². The molecule has 0 radical (unpaired) electrons. The maximum atomic E-state index is 9.76. The highest BCUT2D eigenvalue weighted by Crippen LogP contribution is 2.25. The molecule has 176 valence electrons. The van der Waals surface area contributed by atoms with Crippen LogP contribution in [0.15, 0.2) is 0 Å². The summed E-state index contributed by atoms with van der Waals surface area (Å²) in [6.45, 7) is 12.4. The van der Waals surface area contributed by atoms with Gasteiger partial charge < -0.3 is 34.3 Å². The largest absolute Gasteiger partial charge is 0.391 e. The van der Waals surface area contributed by atoms with E-state index < -0.39 is 18.3 Å². The van der Waals surface area contributed by atoms with Gasteiger partial charge in [0.2, 0.25) is 0 Å². The summed E-state index contributed by atoms with van der Waals surface area (Å²) in [5.41, 5.74) is -0.359. The van der Waals surface area contributed by atoms with E-state index in [4.69, 9.17) is 18.9 Å². The number of hydrogen-bond acceptors (Lipinski definition) is 7. The first kappa shape index (κ1) is 28.7. The molecule has 0 aromatic rings. The van der Waals surface area contributed by atoms with Gasteiger partial charge in [-0.05, 0) is 32.1 Å². The summed E-state index contributed by atoms with van der Waals surface area (Å²) in [4.78, 5) is 0. The lowest BCUT2D eigenvalue weighted by Gasteiger charge is -2.33. The smallest absolute Gasteiger partial charge is 0.0807 e. The topological polar surface area (TPSA) is 97.6 Å². The van der Waals surface area contributed by atoms with E-state index in [0.717, 1.165) is 12.8 Å². The first-order valence-electron chi connectivity index (χ1n) is 11.2. The molecule has 4 atom stereocenters. The van der Waals surface area contributed by atoms with Gasteiger partial charge in [0.15, 0.2) is 0 Å². The average Bonchev–Trinajstić information content (AvgIpc) is 2.74. The average molecular weight is 423 g/mol. The fraction of sp³-hybridized carbons (Fsp3) is 1.00. The molecule has 29 heavy (non-hydrogen) atoms. The summed E-state index contributed by atoms with van der Waals surface area (Å²) in [5, 5.41) is 29.2. The van der Waals surface area contributed by atoms with Gasteiger partial charge in [-0.25, -0.2) is 0 Å². The molecular weight excluding hydrogens is 376 g/mol. The predicted octanol–water partition coefficient (Wildman–Crippen LogP) is 2.54. The molecule has 4 unspecified atom stereocenters. The quantitative estimate of drug-likeness (QED) is 0.277. The summed E-state index contributed by atoms with van der Waals surface area (Å²) in [7, 11) is 0. The molecule has 0 heterocycles. The maximum absolute atomic E-state index is 9.76. The van der Waals surface area contributed by atoms with Crippen LogP contribution in [0.4, 0.5) is 0 Å². The molecule has 0 amide bonds. The first-order valence-corrected chi connectivity index (χ1v) is 11.2. The van der Waals surface area contributed by atoms with Crippen molar-refractivity contribution in [2.24, 2.45) is 5.41 Å². The highest BCUT2D eigenvalue weighted by Gasteiger charge is 2.31. The van der Waals surface area contributed by atoms with Crippen molar-refractivity contribution in [3.05, 3.63) is 0 Å². The van der Waals surface area contributed by atoms with Gasteiger partial charge in [0, 0.05) is 5.41 Å². The fourth-order valence-electron chi connectivity index (χ4n) is 2.55. The van der Waals surface area contributed by atoms with E-state index in [0.29, 0.717) is 52.3 Å². The van der Waals surface area contributed by atoms with E-state index in [1.165, 1.54) is 0 Å². The molecule has 0 rings (SSSR count). The minimum atomic E-state index is -0.476. The summed E-state index contributed by atoms with van der Waals surface area (Å²) in [6.07, 6.45) is 2.07. The van der Waals surface area contributed by atoms with Crippen LogP contribution in [-0.4, -0.2) is 86.0 Å². The number of hydrogen-bond donors (Lipinski definition) is 3. The SMILES string of the molecule is CCC(O)COCC(CC)(COCC(O)CC)COCC(CC)OCC(O)CC. The molecule has 0 aliphatic heterocycles. The third-order valence-corrected chi connectivity index (χ3v) is 5.29. The van der Waals surface area contributed by atoms with Gasteiger partial charge in [0.1, 0.15) is 0 Å². The van der Waals surface area contributed by atoms with Crippen LogP contribution in [-0.2, 0) is 18.9 Å².